The first-order valence-electron chi connectivity index (χ1n) is 5.90. The number of benzene rings is 1. The van der Waals surface area contributed by atoms with Crippen LogP contribution in [0.3, 0.4) is 0 Å². The molecule has 1 aromatic carbocycles. The molecule has 1 aromatic heterocycles. The lowest BCUT2D eigenvalue weighted by Gasteiger charge is -2.03. The molecule has 1 N–H and O–H groups in total. The summed E-state index contributed by atoms with van der Waals surface area (Å²) in [4.78, 5) is 15.5. The fourth-order valence-corrected chi connectivity index (χ4v) is 2.16. The van der Waals surface area contributed by atoms with Crippen LogP contribution in [0.2, 0.25) is 0 Å². The monoisotopic (exact) mass is 298 g/mol. The zero-order valence-electron chi connectivity index (χ0n) is 10.7. The van der Waals surface area contributed by atoms with Gasteiger partial charge in [-0.2, -0.15) is 0 Å². The third-order valence-corrected chi connectivity index (χ3v) is 3.22. The molecule has 0 radical (unpaired) electrons. The van der Waals surface area contributed by atoms with E-state index in [1.165, 1.54) is 17.4 Å². The second-order valence-corrected chi connectivity index (χ2v) is 4.72. The van der Waals surface area contributed by atoms with E-state index >= 15 is 0 Å². The zero-order valence-corrected chi connectivity index (χ0v) is 11.5. The van der Waals surface area contributed by atoms with E-state index in [0.29, 0.717) is 10.7 Å². The Bertz CT molecular complexity index is 616. The zero-order chi connectivity index (χ0) is 14.5. The lowest BCUT2D eigenvalue weighted by molar-refractivity contribution is 0.0520. The summed E-state index contributed by atoms with van der Waals surface area (Å²) < 4.78 is 30.6. The summed E-state index contributed by atoms with van der Waals surface area (Å²) in [7, 11) is 0. The van der Waals surface area contributed by atoms with Gasteiger partial charge in [-0.15, -0.1) is 11.3 Å². The van der Waals surface area contributed by atoms with Crippen molar-refractivity contribution in [1.29, 1.82) is 0 Å². The fraction of sp³-hybridized carbons (Fsp3) is 0.231. The minimum absolute atomic E-state index is 0.227. The topological polar surface area (TPSA) is 51.2 Å². The van der Waals surface area contributed by atoms with Gasteiger partial charge in [-0.25, -0.2) is 18.6 Å². The Balaban J connectivity index is 1.97. The highest BCUT2D eigenvalue weighted by Gasteiger charge is 2.11. The molecule has 0 unspecified atom stereocenters. The summed E-state index contributed by atoms with van der Waals surface area (Å²) in [5.41, 5.74) is 0.807. The molecule has 0 aliphatic heterocycles. The number of esters is 1. The number of halogens is 2. The van der Waals surface area contributed by atoms with Crippen LogP contribution in [0.5, 0.6) is 0 Å². The highest BCUT2D eigenvalue weighted by molar-refractivity contribution is 7.13. The van der Waals surface area contributed by atoms with Crippen LogP contribution in [0.4, 0.5) is 13.9 Å². The van der Waals surface area contributed by atoms with Gasteiger partial charge in [-0.05, 0) is 24.6 Å². The van der Waals surface area contributed by atoms with Gasteiger partial charge >= 0.3 is 5.97 Å². The molecule has 0 saturated carbocycles. The van der Waals surface area contributed by atoms with Crippen LogP contribution in [0.1, 0.15) is 23.0 Å². The minimum Gasteiger partial charge on any atom is -0.461 e. The molecular formula is C13H12F2N2O2S. The molecular weight excluding hydrogens is 286 g/mol. The van der Waals surface area contributed by atoms with E-state index in [-0.39, 0.29) is 18.8 Å². The molecule has 20 heavy (non-hydrogen) atoms. The summed E-state index contributed by atoms with van der Waals surface area (Å²) in [6.45, 7) is 2.29. The molecule has 0 bridgehead atoms. The number of thiazole rings is 1. The largest absolute Gasteiger partial charge is 0.461 e. The van der Waals surface area contributed by atoms with Crippen molar-refractivity contribution in [3.8, 4) is 0 Å². The highest BCUT2D eigenvalue weighted by Crippen LogP contribution is 2.17. The Morgan fingerprint density at radius 1 is 1.40 bits per heavy atom. The predicted octanol–water partition coefficient (Wildman–Crippen LogP) is 3.21. The van der Waals surface area contributed by atoms with Gasteiger partial charge in [0.1, 0.15) is 0 Å². The molecule has 0 saturated heterocycles. The molecule has 0 spiro atoms. The van der Waals surface area contributed by atoms with Gasteiger partial charge in [-0.1, -0.05) is 6.07 Å². The molecule has 0 aliphatic carbocycles. The maximum Gasteiger partial charge on any atom is 0.357 e. The first kappa shape index (κ1) is 14.4. The lowest BCUT2D eigenvalue weighted by atomic mass is 10.2. The van der Waals surface area contributed by atoms with Gasteiger partial charge < -0.3 is 10.1 Å². The maximum atomic E-state index is 13.0. The number of anilines is 1. The lowest BCUT2D eigenvalue weighted by Crippen LogP contribution is -2.05. The van der Waals surface area contributed by atoms with E-state index in [0.717, 1.165) is 12.1 Å². The van der Waals surface area contributed by atoms with Crippen LogP contribution in [-0.4, -0.2) is 17.6 Å². The molecule has 4 nitrogen and oxygen atoms in total. The predicted molar refractivity (Wildman–Crippen MR) is 71.8 cm³/mol. The van der Waals surface area contributed by atoms with Gasteiger partial charge in [0, 0.05) is 11.9 Å². The normalized spacial score (nSPS) is 10.3. The Kier molecular flexibility index (Phi) is 4.62. The quantitative estimate of drug-likeness (QED) is 0.861. The summed E-state index contributed by atoms with van der Waals surface area (Å²) in [6, 6.07) is 3.66. The van der Waals surface area contributed by atoms with Gasteiger partial charge in [0.25, 0.3) is 0 Å². The molecule has 0 amide bonds. The van der Waals surface area contributed by atoms with Crippen LogP contribution in [0.15, 0.2) is 23.6 Å². The molecule has 1 heterocycles. The van der Waals surface area contributed by atoms with Crippen LogP contribution in [-0.2, 0) is 11.3 Å². The SMILES string of the molecule is CCOC(=O)c1csc(NCc2ccc(F)c(F)c2)n1. The number of rotatable bonds is 5. The molecule has 2 aromatic rings. The summed E-state index contributed by atoms with van der Waals surface area (Å²) >= 11 is 1.24. The summed E-state index contributed by atoms with van der Waals surface area (Å²) in [5, 5.41) is 5.02. The third-order valence-electron chi connectivity index (χ3n) is 2.42. The second-order valence-electron chi connectivity index (χ2n) is 3.86. The Morgan fingerprint density at radius 3 is 2.90 bits per heavy atom. The second kappa shape index (κ2) is 6.42. The van der Waals surface area contributed by atoms with Crippen molar-refractivity contribution in [3.05, 3.63) is 46.5 Å². The van der Waals surface area contributed by atoms with Crippen molar-refractivity contribution < 1.29 is 18.3 Å². The Morgan fingerprint density at radius 2 is 2.20 bits per heavy atom. The Hall–Kier alpha value is -2.02. The van der Waals surface area contributed by atoms with E-state index in [1.54, 1.807) is 12.3 Å². The number of hydrogen-bond donors (Lipinski definition) is 1. The standard InChI is InChI=1S/C13H12F2N2O2S/c1-2-19-12(18)11-7-20-13(17-11)16-6-8-3-4-9(14)10(15)5-8/h3-5,7H,2,6H2,1H3,(H,16,17). The molecule has 2 rings (SSSR count). The van der Waals surface area contributed by atoms with Crippen LogP contribution >= 0.6 is 11.3 Å². The highest BCUT2D eigenvalue weighted by atomic mass is 32.1. The van der Waals surface area contributed by atoms with Crippen molar-refractivity contribution in [2.75, 3.05) is 11.9 Å². The van der Waals surface area contributed by atoms with E-state index in [2.05, 4.69) is 10.3 Å². The first-order chi connectivity index (χ1) is 9.60. The van der Waals surface area contributed by atoms with E-state index in [4.69, 9.17) is 4.74 Å². The van der Waals surface area contributed by atoms with Crippen molar-refractivity contribution in [3.63, 3.8) is 0 Å². The molecule has 106 valence electrons. The number of hydrogen-bond acceptors (Lipinski definition) is 5. The van der Waals surface area contributed by atoms with Crippen LogP contribution in [0.25, 0.3) is 0 Å². The maximum absolute atomic E-state index is 13.0. The van der Waals surface area contributed by atoms with Gasteiger partial charge in [0.05, 0.1) is 6.61 Å². The van der Waals surface area contributed by atoms with E-state index < -0.39 is 17.6 Å². The number of nitrogens with one attached hydrogen (secondary N) is 1. The van der Waals surface area contributed by atoms with Gasteiger partial charge in [-0.3, -0.25) is 0 Å². The van der Waals surface area contributed by atoms with Crippen molar-refractivity contribution in [1.82, 2.24) is 4.98 Å². The molecule has 7 heteroatoms. The first-order valence-corrected chi connectivity index (χ1v) is 6.78. The number of carbonyl (C=O) groups is 1. The van der Waals surface area contributed by atoms with Crippen molar-refractivity contribution >= 4 is 22.4 Å². The molecule has 0 fully saturated rings. The molecule has 0 atom stereocenters. The van der Waals surface area contributed by atoms with Crippen LogP contribution < -0.4 is 5.32 Å². The summed E-state index contributed by atoms with van der Waals surface area (Å²) in [6.07, 6.45) is 0. The van der Waals surface area contributed by atoms with Gasteiger partial charge in [0.2, 0.25) is 0 Å². The Labute approximate surface area is 118 Å². The van der Waals surface area contributed by atoms with E-state index in [1.807, 2.05) is 0 Å². The smallest absolute Gasteiger partial charge is 0.357 e. The average molecular weight is 298 g/mol. The number of aromatic nitrogens is 1. The van der Waals surface area contributed by atoms with Crippen molar-refractivity contribution in [2.24, 2.45) is 0 Å². The summed E-state index contributed by atoms with van der Waals surface area (Å²) in [5.74, 6) is -2.26. The number of nitrogens with zero attached hydrogens (tertiary/aromatic N) is 1. The minimum atomic E-state index is -0.893. The van der Waals surface area contributed by atoms with Crippen molar-refractivity contribution in [2.45, 2.75) is 13.5 Å². The van der Waals surface area contributed by atoms with Crippen LogP contribution in [0, 0.1) is 11.6 Å². The van der Waals surface area contributed by atoms with E-state index in [9.17, 15) is 13.6 Å². The average Bonchev–Trinajstić information content (AvgIpc) is 2.89. The fourth-order valence-electron chi connectivity index (χ4n) is 1.48. The third kappa shape index (κ3) is 3.51. The number of carbonyl (C=O) groups excluding carboxylic acids is 1. The van der Waals surface area contributed by atoms with Gasteiger partial charge in [0.15, 0.2) is 22.5 Å². The molecule has 0 aliphatic rings. The number of ether oxygens (including phenoxy) is 1.